The molecule has 0 bridgehead atoms. The van der Waals surface area contributed by atoms with Crippen LogP contribution in [-0.2, 0) is 0 Å². The molecule has 11 heavy (non-hydrogen) atoms. The summed E-state index contributed by atoms with van der Waals surface area (Å²) in [6, 6.07) is 0.574. The third-order valence-corrected chi connectivity index (χ3v) is 1.86. The zero-order valence-corrected chi connectivity index (χ0v) is 7.41. The Labute approximate surface area is 68.7 Å². The average Bonchev–Trinajstić information content (AvgIpc) is 2.39. The Bertz CT molecular complexity index is 195. The molecule has 1 rings (SSSR count). The Balaban J connectivity index is 2.58. The Morgan fingerprint density at radius 3 is 2.27 bits per heavy atom. The van der Waals surface area contributed by atoms with E-state index >= 15 is 0 Å². The molecular weight excluding hydrogens is 134 g/mol. The highest BCUT2D eigenvalue weighted by Gasteiger charge is 1.98. The normalized spacial score (nSPS) is 14.7. The van der Waals surface area contributed by atoms with Crippen LogP contribution in [0, 0.1) is 0 Å². The fourth-order valence-electron chi connectivity index (χ4n) is 0.859. The van der Waals surface area contributed by atoms with Crippen molar-refractivity contribution in [1.82, 2.24) is 4.90 Å². The highest BCUT2D eigenvalue weighted by Crippen LogP contribution is 2.08. The molecule has 0 unspecified atom stereocenters. The van der Waals surface area contributed by atoms with E-state index in [-0.39, 0.29) is 0 Å². The highest BCUT2D eigenvalue weighted by molar-refractivity contribution is 5.39. The fourth-order valence-corrected chi connectivity index (χ4v) is 0.859. The van der Waals surface area contributed by atoms with E-state index in [1.165, 1.54) is 5.57 Å². The van der Waals surface area contributed by atoms with Gasteiger partial charge in [-0.15, -0.1) is 0 Å². The molecule has 0 aromatic heterocycles. The van der Waals surface area contributed by atoms with Gasteiger partial charge in [-0.3, -0.25) is 0 Å². The first-order valence-corrected chi connectivity index (χ1v) is 3.98. The van der Waals surface area contributed by atoms with E-state index in [2.05, 4.69) is 56.3 Å². The van der Waals surface area contributed by atoms with Gasteiger partial charge >= 0.3 is 0 Å². The van der Waals surface area contributed by atoms with Gasteiger partial charge in [0.2, 0.25) is 0 Å². The van der Waals surface area contributed by atoms with Gasteiger partial charge in [-0.25, -0.2) is 0 Å². The van der Waals surface area contributed by atoms with E-state index in [1.54, 1.807) is 0 Å². The van der Waals surface area contributed by atoms with Crippen molar-refractivity contribution < 1.29 is 0 Å². The highest BCUT2D eigenvalue weighted by atomic mass is 15.1. The Hall–Kier alpha value is -0.980. The molecule has 0 radical (unpaired) electrons. The van der Waals surface area contributed by atoms with Gasteiger partial charge in [0.25, 0.3) is 0 Å². The van der Waals surface area contributed by atoms with Crippen LogP contribution >= 0.6 is 0 Å². The molecule has 0 heterocycles. The monoisotopic (exact) mass is 149 g/mol. The molecule has 0 N–H and O–H groups in total. The summed E-state index contributed by atoms with van der Waals surface area (Å²) >= 11 is 0. The summed E-state index contributed by atoms with van der Waals surface area (Å²) in [7, 11) is 2.09. The predicted molar refractivity (Wildman–Crippen MR) is 49.3 cm³/mol. The summed E-state index contributed by atoms with van der Waals surface area (Å²) in [5.74, 6) is 0. The molecule has 0 aromatic rings. The second-order valence-corrected chi connectivity index (χ2v) is 3.11. The van der Waals surface area contributed by atoms with E-state index in [0.717, 1.165) is 0 Å². The van der Waals surface area contributed by atoms with Crippen LogP contribution in [0.4, 0.5) is 0 Å². The lowest BCUT2D eigenvalue weighted by molar-refractivity contribution is 0.374. The molecule has 1 heteroatoms. The Kier molecular flexibility index (Phi) is 2.53. The number of nitrogens with zero attached hydrogens (tertiary/aromatic N) is 1. The van der Waals surface area contributed by atoms with Gasteiger partial charge < -0.3 is 4.90 Å². The van der Waals surface area contributed by atoms with Gasteiger partial charge in [0, 0.05) is 19.3 Å². The Morgan fingerprint density at radius 2 is 1.82 bits per heavy atom. The molecule has 0 amide bonds. The summed E-state index contributed by atoms with van der Waals surface area (Å²) in [6.07, 6.45) is 10.5. The number of hydrogen-bond acceptors (Lipinski definition) is 1. The zero-order chi connectivity index (χ0) is 8.27. The topological polar surface area (TPSA) is 3.24 Å². The maximum atomic E-state index is 2.20. The first-order valence-electron chi connectivity index (χ1n) is 3.98. The van der Waals surface area contributed by atoms with Crippen LogP contribution in [0.3, 0.4) is 0 Å². The van der Waals surface area contributed by atoms with Crippen molar-refractivity contribution in [3.8, 4) is 0 Å². The molecule has 0 saturated heterocycles. The van der Waals surface area contributed by atoms with Gasteiger partial charge in [-0.05, 0) is 19.4 Å². The van der Waals surface area contributed by atoms with Crippen molar-refractivity contribution in [1.29, 1.82) is 0 Å². The van der Waals surface area contributed by atoms with Crippen LogP contribution in [0.25, 0.3) is 0 Å². The van der Waals surface area contributed by atoms with Crippen LogP contribution < -0.4 is 0 Å². The van der Waals surface area contributed by atoms with Gasteiger partial charge in [-0.2, -0.15) is 0 Å². The molecule has 0 atom stereocenters. The smallest absolute Gasteiger partial charge is 0.0224 e. The van der Waals surface area contributed by atoms with E-state index < -0.39 is 0 Å². The van der Waals surface area contributed by atoms with Crippen molar-refractivity contribution in [2.75, 3.05) is 7.05 Å². The SMILES string of the molecule is CC(C)N(C)C=C1C=CC=C1. The maximum absolute atomic E-state index is 2.20. The minimum atomic E-state index is 0.574. The van der Waals surface area contributed by atoms with Crippen LogP contribution in [0.2, 0.25) is 0 Å². The first kappa shape index (κ1) is 8.12. The van der Waals surface area contributed by atoms with Gasteiger partial charge in [-0.1, -0.05) is 24.3 Å². The number of allylic oxidation sites excluding steroid dienone is 5. The van der Waals surface area contributed by atoms with Crippen molar-refractivity contribution >= 4 is 0 Å². The van der Waals surface area contributed by atoms with Crippen LogP contribution in [0.15, 0.2) is 36.1 Å². The van der Waals surface area contributed by atoms with Crippen molar-refractivity contribution in [3.63, 3.8) is 0 Å². The Morgan fingerprint density at radius 1 is 1.27 bits per heavy atom. The molecule has 60 valence electrons. The largest absolute Gasteiger partial charge is 0.378 e. The van der Waals surface area contributed by atoms with E-state index in [0.29, 0.717) is 6.04 Å². The van der Waals surface area contributed by atoms with Crippen LogP contribution in [0.5, 0.6) is 0 Å². The summed E-state index contributed by atoms with van der Waals surface area (Å²) in [5.41, 5.74) is 1.28. The molecule has 0 aromatic carbocycles. The molecule has 0 saturated carbocycles. The zero-order valence-electron chi connectivity index (χ0n) is 7.41. The van der Waals surface area contributed by atoms with E-state index in [9.17, 15) is 0 Å². The standard InChI is InChI=1S/C10H15N/c1-9(2)11(3)8-10-6-4-5-7-10/h4-9H,1-3H3. The number of rotatable bonds is 2. The quantitative estimate of drug-likeness (QED) is 0.582. The molecule has 0 aliphatic heterocycles. The maximum Gasteiger partial charge on any atom is 0.0224 e. The summed E-state index contributed by atoms with van der Waals surface area (Å²) in [5, 5.41) is 0. The minimum Gasteiger partial charge on any atom is -0.378 e. The summed E-state index contributed by atoms with van der Waals surface area (Å²) in [4.78, 5) is 2.20. The van der Waals surface area contributed by atoms with Crippen LogP contribution in [0.1, 0.15) is 13.8 Å². The second kappa shape index (κ2) is 3.42. The molecule has 1 nitrogen and oxygen atoms in total. The second-order valence-electron chi connectivity index (χ2n) is 3.11. The number of hydrogen-bond donors (Lipinski definition) is 0. The third-order valence-electron chi connectivity index (χ3n) is 1.86. The van der Waals surface area contributed by atoms with Gasteiger partial charge in [0.05, 0.1) is 0 Å². The molecule has 1 aliphatic rings. The lowest BCUT2D eigenvalue weighted by Gasteiger charge is -2.18. The van der Waals surface area contributed by atoms with Crippen molar-refractivity contribution in [2.24, 2.45) is 0 Å². The lowest BCUT2D eigenvalue weighted by atomic mass is 10.3. The summed E-state index contributed by atoms with van der Waals surface area (Å²) < 4.78 is 0. The van der Waals surface area contributed by atoms with Gasteiger partial charge in [0.15, 0.2) is 0 Å². The average molecular weight is 149 g/mol. The fraction of sp³-hybridized carbons (Fsp3) is 0.400. The predicted octanol–water partition coefficient (Wildman–Crippen LogP) is 2.34. The summed E-state index contributed by atoms with van der Waals surface area (Å²) in [6.45, 7) is 4.36. The third kappa shape index (κ3) is 2.26. The van der Waals surface area contributed by atoms with Gasteiger partial charge in [0.1, 0.15) is 0 Å². The molecule has 0 fully saturated rings. The lowest BCUT2D eigenvalue weighted by Crippen LogP contribution is -2.20. The van der Waals surface area contributed by atoms with Crippen LogP contribution in [-0.4, -0.2) is 18.0 Å². The van der Waals surface area contributed by atoms with Crippen molar-refractivity contribution in [2.45, 2.75) is 19.9 Å². The van der Waals surface area contributed by atoms with Crippen molar-refractivity contribution in [3.05, 3.63) is 36.1 Å². The van der Waals surface area contributed by atoms with E-state index in [1.807, 2.05) is 0 Å². The molecule has 0 spiro atoms. The minimum absolute atomic E-state index is 0.574. The molecular formula is C10H15N. The first-order chi connectivity index (χ1) is 5.20. The molecule has 1 aliphatic carbocycles. The van der Waals surface area contributed by atoms with E-state index in [4.69, 9.17) is 0 Å².